The summed E-state index contributed by atoms with van der Waals surface area (Å²) in [5.41, 5.74) is 0.904. The lowest BCUT2D eigenvalue weighted by atomic mass is 10.1. The van der Waals surface area contributed by atoms with E-state index in [4.69, 9.17) is 4.74 Å². The van der Waals surface area contributed by atoms with Crippen LogP contribution in [-0.2, 0) is 11.3 Å². The molecule has 29 heavy (non-hydrogen) atoms. The molecule has 3 rings (SSSR count). The standard InChI is InChI=1S/C20H22N4O5/c1-2-29-20(26)17-10-16(11-18(12-17)24(27)28)19(25)23-8-6-22(7-9-23)14-15-4-3-5-21-13-15/h3-5,10-13H,2,6-9,14H2,1H3. The number of non-ortho nitro benzene ring substituents is 1. The van der Waals surface area contributed by atoms with Crippen LogP contribution in [0.4, 0.5) is 5.69 Å². The average molecular weight is 398 g/mol. The van der Waals surface area contributed by atoms with Gasteiger partial charge in [0.2, 0.25) is 0 Å². The normalized spacial score (nSPS) is 14.4. The van der Waals surface area contributed by atoms with Crippen molar-refractivity contribution >= 4 is 17.6 Å². The molecule has 1 saturated heterocycles. The predicted octanol–water partition coefficient (Wildman–Crippen LogP) is 2.12. The van der Waals surface area contributed by atoms with E-state index in [9.17, 15) is 19.7 Å². The molecule has 1 aliphatic rings. The number of hydrogen-bond acceptors (Lipinski definition) is 7. The molecule has 0 atom stereocenters. The highest BCUT2D eigenvalue weighted by atomic mass is 16.6. The minimum absolute atomic E-state index is 0.000358. The second-order valence-corrected chi connectivity index (χ2v) is 6.68. The number of carbonyl (C=O) groups is 2. The largest absolute Gasteiger partial charge is 0.462 e. The summed E-state index contributed by atoms with van der Waals surface area (Å²) < 4.78 is 4.92. The Morgan fingerprint density at radius 2 is 1.90 bits per heavy atom. The molecule has 0 bridgehead atoms. The topological polar surface area (TPSA) is 106 Å². The quantitative estimate of drug-likeness (QED) is 0.417. The first kappa shape index (κ1) is 20.4. The minimum Gasteiger partial charge on any atom is -0.462 e. The maximum Gasteiger partial charge on any atom is 0.338 e. The molecule has 0 aliphatic carbocycles. The van der Waals surface area contributed by atoms with Gasteiger partial charge in [-0.25, -0.2) is 4.79 Å². The Labute approximate surface area is 168 Å². The second-order valence-electron chi connectivity index (χ2n) is 6.68. The van der Waals surface area contributed by atoms with Crippen molar-refractivity contribution in [3.05, 3.63) is 69.5 Å². The Balaban J connectivity index is 1.70. The Kier molecular flexibility index (Phi) is 6.50. The lowest BCUT2D eigenvalue weighted by Crippen LogP contribution is -2.48. The van der Waals surface area contributed by atoms with E-state index in [0.717, 1.165) is 18.2 Å². The Morgan fingerprint density at radius 3 is 2.52 bits per heavy atom. The van der Waals surface area contributed by atoms with E-state index in [0.29, 0.717) is 26.2 Å². The molecule has 0 N–H and O–H groups in total. The van der Waals surface area contributed by atoms with Crippen molar-refractivity contribution in [1.82, 2.24) is 14.8 Å². The molecule has 9 nitrogen and oxygen atoms in total. The number of ether oxygens (including phenoxy) is 1. The molecule has 0 unspecified atom stereocenters. The molecule has 0 saturated carbocycles. The molecule has 1 amide bonds. The van der Waals surface area contributed by atoms with Crippen LogP contribution in [0.5, 0.6) is 0 Å². The molecule has 0 radical (unpaired) electrons. The summed E-state index contributed by atoms with van der Waals surface area (Å²) in [7, 11) is 0. The fourth-order valence-electron chi connectivity index (χ4n) is 3.21. The van der Waals surface area contributed by atoms with Crippen molar-refractivity contribution in [2.75, 3.05) is 32.8 Å². The number of benzene rings is 1. The number of carbonyl (C=O) groups excluding carboxylic acids is 2. The van der Waals surface area contributed by atoms with Crippen LogP contribution < -0.4 is 0 Å². The van der Waals surface area contributed by atoms with Gasteiger partial charge < -0.3 is 9.64 Å². The molecule has 0 spiro atoms. The highest BCUT2D eigenvalue weighted by molar-refractivity contribution is 5.99. The van der Waals surface area contributed by atoms with Crippen LogP contribution in [0, 0.1) is 10.1 Å². The minimum atomic E-state index is -0.688. The van der Waals surface area contributed by atoms with Crippen LogP contribution in [0.1, 0.15) is 33.2 Å². The summed E-state index contributed by atoms with van der Waals surface area (Å²) in [4.78, 5) is 43.5. The summed E-state index contributed by atoms with van der Waals surface area (Å²) in [6.07, 6.45) is 3.54. The maximum absolute atomic E-state index is 12.9. The fourth-order valence-corrected chi connectivity index (χ4v) is 3.21. The SMILES string of the molecule is CCOC(=O)c1cc(C(=O)N2CCN(Cc3cccnc3)CC2)cc([N+](=O)[O-])c1. The molecule has 2 heterocycles. The zero-order chi connectivity index (χ0) is 20.8. The number of rotatable bonds is 6. The maximum atomic E-state index is 12.9. The lowest BCUT2D eigenvalue weighted by Gasteiger charge is -2.34. The van der Waals surface area contributed by atoms with Crippen LogP contribution in [-0.4, -0.2) is 64.4 Å². The van der Waals surface area contributed by atoms with E-state index in [2.05, 4.69) is 9.88 Å². The Hall–Kier alpha value is -3.33. The van der Waals surface area contributed by atoms with Crippen molar-refractivity contribution in [3.8, 4) is 0 Å². The second kappa shape index (κ2) is 9.24. The van der Waals surface area contributed by atoms with Crippen LogP contribution >= 0.6 is 0 Å². The third kappa shape index (κ3) is 5.14. The molecule has 2 aromatic rings. The predicted molar refractivity (Wildman–Crippen MR) is 104 cm³/mol. The molecular weight excluding hydrogens is 376 g/mol. The molecule has 152 valence electrons. The number of piperazine rings is 1. The fraction of sp³-hybridized carbons (Fsp3) is 0.350. The highest BCUT2D eigenvalue weighted by Crippen LogP contribution is 2.20. The van der Waals surface area contributed by atoms with Crippen molar-refractivity contribution in [1.29, 1.82) is 0 Å². The van der Waals surface area contributed by atoms with E-state index < -0.39 is 10.9 Å². The summed E-state index contributed by atoms with van der Waals surface area (Å²) in [6.45, 7) is 4.89. The average Bonchev–Trinajstić information content (AvgIpc) is 2.74. The van der Waals surface area contributed by atoms with Crippen molar-refractivity contribution < 1.29 is 19.2 Å². The molecule has 1 fully saturated rings. The first-order valence-corrected chi connectivity index (χ1v) is 9.35. The summed E-state index contributed by atoms with van der Waals surface area (Å²) in [6, 6.07) is 7.58. The summed E-state index contributed by atoms with van der Waals surface area (Å²) in [5, 5.41) is 11.2. The van der Waals surface area contributed by atoms with Gasteiger partial charge in [-0.05, 0) is 24.6 Å². The van der Waals surface area contributed by atoms with Gasteiger partial charge in [0.15, 0.2) is 0 Å². The number of nitro groups is 1. The Morgan fingerprint density at radius 1 is 1.17 bits per heavy atom. The van der Waals surface area contributed by atoms with Crippen LogP contribution in [0.3, 0.4) is 0 Å². The van der Waals surface area contributed by atoms with Gasteiger partial charge in [0.05, 0.1) is 17.1 Å². The number of nitro benzene ring substituents is 1. The van der Waals surface area contributed by atoms with Gasteiger partial charge in [0.1, 0.15) is 0 Å². The highest BCUT2D eigenvalue weighted by Gasteiger charge is 2.25. The summed E-state index contributed by atoms with van der Waals surface area (Å²) in [5.74, 6) is -1.02. The number of hydrogen-bond donors (Lipinski definition) is 0. The first-order valence-electron chi connectivity index (χ1n) is 9.35. The van der Waals surface area contributed by atoms with Gasteiger partial charge in [0.25, 0.3) is 11.6 Å². The van der Waals surface area contributed by atoms with Gasteiger partial charge in [-0.1, -0.05) is 6.07 Å². The van der Waals surface area contributed by atoms with Crippen molar-refractivity contribution in [3.63, 3.8) is 0 Å². The van der Waals surface area contributed by atoms with E-state index in [-0.39, 0.29) is 29.3 Å². The zero-order valence-electron chi connectivity index (χ0n) is 16.1. The first-order chi connectivity index (χ1) is 14.0. The molecule has 1 aliphatic heterocycles. The van der Waals surface area contributed by atoms with Crippen molar-refractivity contribution in [2.24, 2.45) is 0 Å². The lowest BCUT2D eigenvalue weighted by molar-refractivity contribution is -0.384. The van der Waals surface area contributed by atoms with Gasteiger partial charge in [0, 0.05) is 62.8 Å². The molecule has 9 heteroatoms. The van der Waals surface area contributed by atoms with E-state index >= 15 is 0 Å². The number of nitrogens with zero attached hydrogens (tertiary/aromatic N) is 4. The van der Waals surface area contributed by atoms with Gasteiger partial charge in [-0.2, -0.15) is 0 Å². The van der Waals surface area contributed by atoms with Crippen LogP contribution in [0.2, 0.25) is 0 Å². The van der Waals surface area contributed by atoms with E-state index in [1.165, 1.54) is 12.1 Å². The third-order valence-corrected chi connectivity index (χ3v) is 4.68. The van der Waals surface area contributed by atoms with E-state index in [1.54, 1.807) is 18.0 Å². The molecular formula is C20H22N4O5. The van der Waals surface area contributed by atoms with Crippen LogP contribution in [0.15, 0.2) is 42.7 Å². The molecule has 1 aromatic carbocycles. The smallest absolute Gasteiger partial charge is 0.338 e. The van der Waals surface area contributed by atoms with Gasteiger partial charge >= 0.3 is 5.97 Å². The third-order valence-electron chi connectivity index (χ3n) is 4.68. The van der Waals surface area contributed by atoms with Gasteiger partial charge in [-0.15, -0.1) is 0 Å². The number of aromatic nitrogens is 1. The van der Waals surface area contributed by atoms with Crippen LogP contribution in [0.25, 0.3) is 0 Å². The zero-order valence-corrected chi connectivity index (χ0v) is 16.1. The number of pyridine rings is 1. The van der Waals surface area contributed by atoms with Crippen molar-refractivity contribution in [2.45, 2.75) is 13.5 Å². The number of amides is 1. The number of esters is 1. The summed E-state index contributed by atoms with van der Waals surface area (Å²) >= 11 is 0. The Bertz CT molecular complexity index is 895. The molecule has 1 aromatic heterocycles. The van der Waals surface area contributed by atoms with Gasteiger partial charge in [-0.3, -0.25) is 24.8 Å². The monoisotopic (exact) mass is 398 g/mol. The van der Waals surface area contributed by atoms with E-state index in [1.807, 2.05) is 18.3 Å².